The van der Waals surface area contributed by atoms with E-state index in [2.05, 4.69) is 26.0 Å². The second-order valence-electron chi connectivity index (χ2n) is 13.0. The average Bonchev–Trinajstić information content (AvgIpc) is 2.96. The van der Waals surface area contributed by atoms with Gasteiger partial charge in [0, 0.05) is 5.92 Å². The molecule has 0 bridgehead atoms. The van der Waals surface area contributed by atoms with E-state index in [1.54, 1.807) is 0 Å². The molecule has 0 amide bonds. The van der Waals surface area contributed by atoms with Gasteiger partial charge in [0.1, 0.15) is 0 Å². The summed E-state index contributed by atoms with van der Waals surface area (Å²) in [6.07, 6.45) is 45.6. The van der Waals surface area contributed by atoms with Crippen LogP contribution < -0.4 is 0 Å². The van der Waals surface area contributed by atoms with Gasteiger partial charge in [-0.1, -0.05) is 206 Å². The molecule has 0 fully saturated rings. The summed E-state index contributed by atoms with van der Waals surface area (Å²) in [5.74, 6) is 0.0561. The van der Waals surface area contributed by atoms with E-state index in [-0.39, 0.29) is 12.5 Å². The van der Waals surface area contributed by atoms with Gasteiger partial charge in [-0.05, 0) is 19.3 Å². The predicted octanol–water partition coefficient (Wildman–Crippen LogP) is 13.1. The third kappa shape index (κ3) is 35.8. The molecule has 0 aromatic heterocycles. The minimum atomic E-state index is -4.37. The Morgan fingerprint density at radius 1 is 0.500 bits per heavy atom. The summed E-state index contributed by atoms with van der Waals surface area (Å²) >= 11 is 0. The van der Waals surface area contributed by atoms with Gasteiger partial charge in [0.15, 0.2) is 0 Å². The topological polar surface area (TPSA) is 63.6 Å². The first-order valence-corrected chi connectivity index (χ1v) is 20.1. The van der Waals surface area contributed by atoms with E-state index in [0.29, 0.717) is 0 Å². The molecule has 0 aliphatic heterocycles. The van der Waals surface area contributed by atoms with Crippen LogP contribution in [0.25, 0.3) is 0 Å². The Hall–Kier alpha value is -0.390. The van der Waals surface area contributed by atoms with Crippen LogP contribution in [0.4, 0.5) is 0 Å². The fourth-order valence-electron chi connectivity index (χ4n) is 5.93. The molecule has 1 N–H and O–H groups in total. The SMILES string of the molecule is CCCCCCCCCCCCCCCC/C=C/C(CCCCCCCCCCCCCCCCC)COS(=O)(=O)O. The van der Waals surface area contributed by atoms with E-state index in [9.17, 15) is 8.42 Å². The van der Waals surface area contributed by atoms with E-state index >= 15 is 0 Å². The van der Waals surface area contributed by atoms with Gasteiger partial charge in [-0.25, -0.2) is 4.18 Å². The monoisotopic (exact) mass is 615 g/mol. The summed E-state index contributed by atoms with van der Waals surface area (Å²) < 4.78 is 35.9. The molecule has 0 aliphatic carbocycles. The smallest absolute Gasteiger partial charge is 0.264 e. The first-order valence-electron chi connectivity index (χ1n) is 18.8. The van der Waals surface area contributed by atoms with Crippen LogP contribution in [0, 0.1) is 5.92 Å². The van der Waals surface area contributed by atoms with E-state index in [0.717, 1.165) is 19.3 Å². The standard InChI is InChI=1S/C37H74O4S/c1-3-5-7-9-11-13-15-17-19-21-23-25-27-29-31-33-35-37(36-41-42(38,39)40)34-32-30-28-26-24-22-20-18-16-14-12-10-8-6-4-2/h33,35,37H,3-32,34,36H2,1-2H3,(H,38,39,40)/b35-33+. The van der Waals surface area contributed by atoms with Crippen molar-refractivity contribution in [2.24, 2.45) is 5.92 Å². The highest BCUT2D eigenvalue weighted by molar-refractivity contribution is 7.80. The first-order chi connectivity index (χ1) is 20.5. The normalized spacial score (nSPS) is 12.9. The molecule has 42 heavy (non-hydrogen) atoms. The van der Waals surface area contributed by atoms with Crippen LogP contribution in [-0.4, -0.2) is 19.6 Å². The molecule has 0 aliphatic rings. The minimum absolute atomic E-state index is 0.0483. The zero-order valence-corrected chi connectivity index (χ0v) is 29.3. The maximum Gasteiger partial charge on any atom is 0.397 e. The molecule has 0 saturated heterocycles. The minimum Gasteiger partial charge on any atom is -0.264 e. The Kier molecular flexibility index (Phi) is 33.2. The highest BCUT2D eigenvalue weighted by atomic mass is 32.3. The Morgan fingerprint density at radius 3 is 1.14 bits per heavy atom. The highest BCUT2D eigenvalue weighted by Crippen LogP contribution is 2.18. The highest BCUT2D eigenvalue weighted by Gasteiger charge is 2.11. The summed E-state index contributed by atoms with van der Waals surface area (Å²) in [7, 11) is -4.37. The summed E-state index contributed by atoms with van der Waals surface area (Å²) in [5, 5.41) is 0. The fraction of sp³-hybridized carbons (Fsp3) is 0.946. The number of allylic oxidation sites excluding steroid dienone is 1. The summed E-state index contributed by atoms with van der Waals surface area (Å²) in [6, 6.07) is 0. The Bertz CT molecular complexity index is 646. The molecule has 0 spiro atoms. The van der Waals surface area contributed by atoms with Crippen molar-refractivity contribution in [3.05, 3.63) is 12.2 Å². The molecular weight excluding hydrogens is 540 g/mol. The van der Waals surface area contributed by atoms with Gasteiger partial charge >= 0.3 is 10.4 Å². The summed E-state index contributed by atoms with van der Waals surface area (Å²) in [4.78, 5) is 0. The van der Waals surface area contributed by atoms with Gasteiger partial charge < -0.3 is 0 Å². The van der Waals surface area contributed by atoms with E-state index in [4.69, 9.17) is 8.74 Å². The first kappa shape index (κ1) is 41.6. The van der Waals surface area contributed by atoms with Gasteiger partial charge in [-0.2, -0.15) is 8.42 Å². The zero-order valence-electron chi connectivity index (χ0n) is 28.4. The van der Waals surface area contributed by atoms with Crippen LogP contribution in [0.15, 0.2) is 12.2 Å². The van der Waals surface area contributed by atoms with Crippen molar-refractivity contribution in [3.63, 3.8) is 0 Å². The van der Waals surface area contributed by atoms with Crippen molar-refractivity contribution >= 4 is 10.4 Å². The van der Waals surface area contributed by atoms with Crippen molar-refractivity contribution in [1.82, 2.24) is 0 Å². The molecular formula is C37H74O4S. The van der Waals surface area contributed by atoms with Crippen LogP contribution in [0.1, 0.15) is 213 Å². The molecule has 0 rings (SSSR count). The molecule has 0 saturated carbocycles. The molecule has 1 unspecified atom stereocenters. The van der Waals surface area contributed by atoms with Crippen LogP contribution >= 0.6 is 0 Å². The van der Waals surface area contributed by atoms with E-state index in [1.165, 1.54) is 180 Å². The maximum absolute atomic E-state index is 11.1. The molecule has 0 aromatic rings. The van der Waals surface area contributed by atoms with Gasteiger partial charge in [-0.15, -0.1) is 0 Å². The molecule has 252 valence electrons. The zero-order chi connectivity index (χ0) is 30.8. The van der Waals surface area contributed by atoms with Crippen molar-refractivity contribution < 1.29 is 17.2 Å². The van der Waals surface area contributed by atoms with E-state index in [1.807, 2.05) is 0 Å². The van der Waals surface area contributed by atoms with Crippen LogP contribution in [0.2, 0.25) is 0 Å². The summed E-state index contributed by atoms with van der Waals surface area (Å²) in [6.45, 7) is 4.60. The molecule has 0 radical (unpaired) electrons. The second-order valence-corrected chi connectivity index (χ2v) is 14.1. The van der Waals surface area contributed by atoms with Gasteiger partial charge in [0.2, 0.25) is 0 Å². The number of hydrogen-bond donors (Lipinski definition) is 1. The van der Waals surface area contributed by atoms with Crippen molar-refractivity contribution in [1.29, 1.82) is 0 Å². The van der Waals surface area contributed by atoms with Gasteiger partial charge in [0.25, 0.3) is 0 Å². The third-order valence-electron chi connectivity index (χ3n) is 8.74. The van der Waals surface area contributed by atoms with Gasteiger partial charge in [0.05, 0.1) is 6.61 Å². The molecule has 4 nitrogen and oxygen atoms in total. The molecule has 0 heterocycles. The Labute approximate surface area is 264 Å². The van der Waals surface area contributed by atoms with E-state index < -0.39 is 10.4 Å². The Balaban J connectivity index is 3.74. The van der Waals surface area contributed by atoms with Crippen molar-refractivity contribution in [2.45, 2.75) is 213 Å². The largest absolute Gasteiger partial charge is 0.397 e. The van der Waals surface area contributed by atoms with Crippen molar-refractivity contribution in [2.75, 3.05) is 6.61 Å². The number of hydrogen-bond acceptors (Lipinski definition) is 3. The number of rotatable bonds is 35. The van der Waals surface area contributed by atoms with Crippen LogP contribution in [-0.2, 0) is 14.6 Å². The quantitative estimate of drug-likeness (QED) is 0.0438. The third-order valence-corrected chi connectivity index (χ3v) is 9.18. The summed E-state index contributed by atoms with van der Waals surface area (Å²) in [5.41, 5.74) is 0. The van der Waals surface area contributed by atoms with Gasteiger partial charge in [-0.3, -0.25) is 4.55 Å². The average molecular weight is 615 g/mol. The maximum atomic E-state index is 11.1. The lowest BCUT2D eigenvalue weighted by Gasteiger charge is -2.12. The van der Waals surface area contributed by atoms with Crippen LogP contribution in [0.3, 0.4) is 0 Å². The lowest BCUT2D eigenvalue weighted by atomic mass is 9.99. The Morgan fingerprint density at radius 2 is 0.810 bits per heavy atom. The lowest BCUT2D eigenvalue weighted by Crippen LogP contribution is -2.12. The predicted molar refractivity (Wildman–Crippen MR) is 185 cm³/mol. The van der Waals surface area contributed by atoms with Crippen LogP contribution in [0.5, 0.6) is 0 Å². The fourth-order valence-corrected chi connectivity index (χ4v) is 6.28. The molecule has 1 atom stereocenters. The second kappa shape index (κ2) is 33.5. The molecule has 5 heteroatoms. The number of unbranched alkanes of at least 4 members (excludes halogenated alkanes) is 28. The van der Waals surface area contributed by atoms with Crippen molar-refractivity contribution in [3.8, 4) is 0 Å². The molecule has 0 aromatic carbocycles. The lowest BCUT2D eigenvalue weighted by molar-refractivity contribution is 0.234.